The molecule has 2 aromatic rings. The van der Waals surface area contributed by atoms with E-state index in [0.29, 0.717) is 0 Å². The van der Waals surface area contributed by atoms with Crippen molar-refractivity contribution < 1.29 is 0 Å². The molecule has 0 saturated heterocycles. The maximum atomic E-state index is 2.23. The van der Waals surface area contributed by atoms with Crippen molar-refractivity contribution in [1.29, 1.82) is 0 Å². The standard InChI is InChI=1S/C20H22/c1-3-17(19-11-7-5-8-12-19)15-16-18(4-2)20-13-9-6-10-14-20/h3-14H,15-16H2,1-2H3. The van der Waals surface area contributed by atoms with Crippen molar-refractivity contribution in [3.63, 3.8) is 0 Å². The molecule has 0 heteroatoms. The highest BCUT2D eigenvalue weighted by atomic mass is 14.1. The van der Waals surface area contributed by atoms with E-state index in [1.54, 1.807) is 0 Å². The molecule has 0 saturated carbocycles. The summed E-state index contributed by atoms with van der Waals surface area (Å²) in [6.45, 7) is 4.25. The summed E-state index contributed by atoms with van der Waals surface area (Å²) >= 11 is 0. The number of hydrogen-bond donors (Lipinski definition) is 0. The molecule has 0 aliphatic heterocycles. The Morgan fingerprint density at radius 2 is 1.00 bits per heavy atom. The summed E-state index contributed by atoms with van der Waals surface area (Å²) < 4.78 is 0. The molecule has 0 radical (unpaired) electrons. The fourth-order valence-electron chi connectivity index (χ4n) is 2.48. The van der Waals surface area contributed by atoms with Crippen molar-refractivity contribution in [2.75, 3.05) is 0 Å². The molecular formula is C20H22. The molecular weight excluding hydrogens is 240 g/mol. The zero-order valence-corrected chi connectivity index (χ0v) is 12.3. The number of benzene rings is 2. The van der Waals surface area contributed by atoms with Crippen LogP contribution in [0.25, 0.3) is 11.1 Å². The zero-order chi connectivity index (χ0) is 14.2. The quantitative estimate of drug-likeness (QED) is 0.622. The fourth-order valence-corrected chi connectivity index (χ4v) is 2.48. The van der Waals surface area contributed by atoms with E-state index in [1.807, 2.05) is 0 Å². The predicted octanol–water partition coefficient (Wildman–Crippen LogP) is 5.97. The molecule has 0 spiro atoms. The Kier molecular flexibility index (Phi) is 5.37. The van der Waals surface area contributed by atoms with Crippen LogP contribution in [0.2, 0.25) is 0 Å². The van der Waals surface area contributed by atoms with Crippen LogP contribution >= 0.6 is 0 Å². The van der Waals surface area contributed by atoms with Crippen LogP contribution < -0.4 is 0 Å². The SMILES string of the molecule is CC=C(CCC(=CC)c1ccccc1)c1ccccc1. The summed E-state index contributed by atoms with van der Waals surface area (Å²) in [5.41, 5.74) is 5.50. The van der Waals surface area contributed by atoms with Crippen LogP contribution in [0.15, 0.2) is 72.8 Å². The Morgan fingerprint density at radius 3 is 1.30 bits per heavy atom. The van der Waals surface area contributed by atoms with E-state index in [2.05, 4.69) is 86.7 Å². The molecule has 0 unspecified atom stereocenters. The first kappa shape index (κ1) is 14.3. The summed E-state index contributed by atoms with van der Waals surface area (Å²) in [4.78, 5) is 0. The molecule has 0 N–H and O–H groups in total. The minimum atomic E-state index is 1.08. The lowest BCUT2D eigenvalue weighted by atomic mass is 9.95. The van der Waals surface area contributed by atoms with Gasteiger partial charge in [-0.1, -0.05) is 72.8 Å². The van der Waals surface area contributed by atoms with E-state index in [4.69, 9.17) is 0 Å². The normalized spacial score (nSPS) is 12.5. The van der Waals surface area contributed by atoms with E-state index in [9.17, 15) is 0 Å². The average Bonchev–Trinajstić information content (AvgIpc) is 2.53. The Hall–Kier alpha value is -2.08. The topological polar surface area (TPSA) is 0 Å². The molecule has 0 bridgehead atoms. The van der Waals surface area contributed by atoms with Gasteiger partial charge >= 0.3 is 0 Å². The molecule has 0 atom stereocenters. The second-order valence-corrected chi connectivity index (χ2v) is 4.86. The number of hydrogen-bond acceptors (Lipinski definition) is 0. The third-order valence-corrected chi connectivity index (χ3v) is 3.65. The largest absolute Gasteiger partial charge is 0.0838 e. The Labute approximate surface area is 122 Å². The van der Waals surface area contributed by atoms with Gasteiger partial charge in [0.2, 0.25) is 0 Å². The van der Waals surface area contributed by atoms with Gasteiger partial charge in [-0.05, 0) is 49.0 Å². The molecule has 102 valence electrons. The molecule has 2 rings (SSSR count). The minimum absolute atomic E-state index is 1.08. The molecule has 0 nitrogen and oxygen atoms in total. The third kappa shape index (κ3) is 3.71. The van der Waals surface area contributed by atoms with Crippen LogP contribution in [-0.4, -0.2) is 0 Å². The van der Waals surface area contributed by atoms with Crippen LogP contribution in [-0.2, 0) is 0 Å². The summed E-state index contributed by atoms with van der Waals surface area (Å²) in [5, 5.41) is 0. The first-order valence-corrected chi connectivity index (χ1v) is 7.26. The molecule has 0 amide bonds. The van der Waals surface area contributed by atoms with Gasteiger partial charge in [0.25, 0.3) is 0 Å². The van der Waals surface area contributed by atoms with Crippen LogP contribution in [0.4, 0.5) is 0 Å². The predicted molar refractivity (Wildman–Crippen MR) is 89.4 cm³/mol. The third-order valence-electron chi connectivity index (χ3n) is 3.65. The van der Waals surface area contributed by atoms with Crippen molar-refractivity contribution in [3.05, 3.63) is 83.9 Å². The van der Waals surface area contributed by atoms with Gasteiger partial charge in [-0.2, -0.15) is 0 Å². The van der Waals surface area contributed by atoms with Crippen molar-refractivity contribution >= 4 is 11.1 Å². The molecule has 2 aromatic carbocycles. The van der Waals surface area contributed by atoms with Gasteiger partial charge in [-0.3, -0.25) is 0 Å². The lowest BCUT2D eigenvalue weighted by Crippen LogP contribution is -1.88. The van der Waals surface area contributed by atoms with Gasteiger partial charge in [0, 0.05) is 0 Å². The lowest BCUT2D eigenvalue weighted by Gasteiger charge is -2.10. The van der Waals surface area contributed by atoms with Crippen LogP contribution in [0, 0.1) is 0 Å². The number of allylic oxidation sites excluding steroid dienone is 4. The lowest BCUT2D eigenvalue weighted by molar-refractivity contribution is 1.08. The highest BCUT2D eigenvalue weighted by Gasteiger charge is 2.04. The monoisotopic (exact) mass is 262 g/mol. The van der Waals surface area contributed by atoms with Gasteiger partial charge < -0.3 is 0 Å². The fraction of sp³-hybridized carbons (Fsp3) is 0.200. The molecule has 0 aromatic heterocycles. The second kappa shape index (κ2) is 7.49. The van der Waals surface area contributed by atoms with Gasteiger partial charge in [0.05, 0.1) is 0 Å². The first-order valence-electron chi connectivity index (χ1n) is 7.26. The molecule has 0 heterocycles. The zero-order valence-electron chi connectivity index (χ0n) is 12.3. The number of rotatable bonds is 5. The minimum Gasteiger partial charge on any atom is -0.0838 e. The van der Waals surface area contributed by atoms with Crippen molar-refractivity contribution in [1.82, 2.24) is 0 Å². The van der Waals surface area contributed by atoms with Crippen LogP contribution in [0.5, 0.6) is 0 Å². The Bertz CT molecular complexity index is 518. The maximum Gasteiger partial charge on any atom is -0.0228 e. The Morgan fingerprint density at radius 1 is 0.650 bits per heavy atom. The van der Waals surface area contributed by atoms with E-state index in [-0.39, 0.29) is 0 Å². The van der Waals surface area contributed by atoms with E-state index in [1.165, 1.54) is 22.3 Å². The van der Waals surface area contributed by atoms with Gasteiger partial charge in [0.1, 0.15) is 0 Å². The molecule has 0 aliphatic rings. The highest BCUT2D eigenvalue weighted by molar-refractivity contribution is 5.70. The second-order valence-electron chi connectivity index (χ2n) is 4.86. The van der Waals surface area contributed by atoms with E-state index in [0.717, 1.165) is 12.8 Å². The first-order chi connectivity index (χ1) is 9.85. The van der Waals surface area contributed by atoms with Crippen LogP contribution in [0.3, 0.4) is 0 Å². The molecule has 20 heavy (non-hydrogen) atoms. The summed E-state index contributed by atoms with van der Waals surface area (Å²) in [6, 6.07) is 21.3. The van der Waals surface area contributed by atoms with Crippen molar-refractivity contribution in [3.8, 4) is 0 Å². The molecule has 0 aliphatic carbocycles. The summed E-state index contributed by atoms with van der Waals surface area (Å²) in [6.07, 6.45) is 6.62. The van der Waals surface area contributed by atoms with E-state index >= 15 is 0 Å². The maximum absolute atomic E-state index is 2.23. The summed E-state index contributed by atoms with van der Waals surface area (Å²) in [5.74, 6) is 0. The van der Waals surface area contributed by atoms with Crippen molar-refractivity contribution in [2.24, 2.45) is 0 Å². The molecule has 0 fully saturated rings. The summed E-state index contributed by atoms with van der Waals surface area (Å²) in [7, 11) is 0. The van der Waals surface area contributed by atoms with Gasteiger partial charge in [0.15, 0.2) is 0 Å². The van der Waals surface area contributed by atoms with Gasteiger partial charge in [-0.15, -0.1) is 0 Å². The van der Waals surface area contributed by atoms with E-state index < -0.39 is 0 Å². The Balaban J connectivity index is 2.07. The smallest absolute Gasteiger partial charge is 0.0228 e. The average molecular weight is 262 g/mol. The van der Waals surface area contributed by atoms with Crippen LogP contribution in [0.1, 0.15) is 37.8 Å². The van der Waals surface area contributed by atoms with Crippen molar-refractivity contribution in [2.45, 2.75) is 26.7 Å². The highest BCUT2D eigenvalue weighted by Crippen LogP contribution is 2.26. The van der Waals surface area contributed by atoms with Gasteiger partial charge in [-0.25, -0.2) is 0 Å².